The molecule has 0 N–H and O–H groups in total. The normalized spacial score (nSPS) is 35.8. The molecule has 0 spiro atoms. The van der Waals surface area contributed by atoms with Gasteiger partial charge in [0.15, 0.2) is 0 Å². The minimum atomic E-state index is -1.44. The minimum Gasteiger partial charge on any atom is -0.376 e. The summed E-state index contributed by atoms with van der Waals surface area (Å²) >= 11 is 0. The smallest absolute Gasteiger partial charge is 0.0598 e. The van der Waals surface area contributed by atoms with Crippen LogP contribution in [0, 0.1) is 76.9 Å². The summed E-state index contributed by atoms with van der Waals surface area (Å²) in [6.07, 6.45) is 50.3. The van der Waals surface area contributed by atoms with Crippen LogP contribution in [-0.4, -0.2) is 64.8 Å². The highest BCUT2D eigenvalue weighted by Gasteiger charge is 2.63. The molecule has 17 atom stereocenters. The van der Waals surface area contributed by atoms with Gasteiger partial charge in [0.1, 0.15) is 0 Å². The fourth-order valence-electron chi connectivity index (χ4n) is 23.7. The zero-order valence-electron chi connectivity index (χ0n) is 63.4. The van der Waals surface area contributed by atoms with Gasteiger partial charge in [0, 0.05) is 37.4 Å². The second-order valence-corrected chi connectivity index (χ2v) is 65.9. The minimum absolute atomic E-state index is 0.0163. The van der Waals surface area contributed by atoms with Crippen molar-refractivity contribution in [1.82, 2.24) is 0 Å². The molecule has 0 heterocycles. The average molecular weight is 1290 g/mol. The number of unbranched alkanes of at least 4 members (excludes halogenated alkanes) is 6. The molecule has 9 fully saturated rings. The van der Waals surface area contributed by atoms with E-state index >= 15 is 0 Å². The SMILES string of the molecule is CC(C)(C)OCCCCCC[Si@](C)(C1CC(C[Si](C)(C)C)C2CCCCC21)C1C2CCCCC2C2CCCCC21.CC(C)(C)OCCCCCC[Si](C)(C1CC(C[Si](C)(C)C)C2CCCCC21)C1CC(C[Si](C)(C)C)C2CCCCC21.CCC.CCC. The molecule has 0 radical (unpaired) electrons. The third-order valence-corrected chi connectivity index (χ3v) is 43.7. The van der Waals surface area contributed by atoms with E-state index < -0.39 is 40.4 Å². The average Bonchev–Trinajstić information content (AvgIpc) is 1.61. The van der Waals surface area contributed by atoms with E-state index in [4.69, 9.17) is 9.47 Å². The summed E-state index contributed by atoms with van der Waals surface area (Å²) < 4.78 is 12.2. The Labute approximate surface area is 553 Å². The molecule has 0 bridgehead atoms. The maximum absolute atomic E-state index is 6.08. The molecule has 87 heavy (non-hydrogen) atoms. The van der Waals surface area contributed by atoms with E-state index in [9.17, 15) is 0 Å². The van der Waals surface area contributed by atoms with Gasteiger partial charge < -0.3 is 9.47 Å². The largest absolute Gasteiger partial charge is 0.376 e. The molecular weight excluding hydrogens is 1130 g/mol. The second-order valence-electron chi connectivity index (χ2n) is 39.4. The Morgan fingerprint density at radius 2 is 0.540 bits per heavy atom. The Bertz CT molecular complexity index is 1830. The molecule has 0 aliphatic heterocycles. The molecular formula is C80H160O2Si5. The molecule has 9 aliphatic rings. The molecule has 9 aliphatic carbocycles. The highest BCUT2D eigenvalue weighted by Crippen LogP contribution is 2.70. The van der Waals surface area contributed by atoms with Gasteiger partial charge in [-0.15, -0.1) is 0 Å². The van der Waals surface area contributed by atoms with E-state index in [0.717, 1.165) is 107 Å². The lowest BCUT2D eigenvalue weighted by molar-refractivity contribution is -0.00508. The Kier molecular flexibility index (Phi) is 30.8. The van der Waals surface area contributed by atoms with E-state index in [1.807, 2.05) is 0 Å². The summed E-state index contributed by atoms with van der Waals surface area (Å²) in [6.45, 7) is 53.8. The van der Waals surface area contributed by atoms with Gasteiger partial charge in [-0.2, -0.15) is 0 Å². The van der Waals surface area contributed by atoms with Crippen LogP contribution in [0.3, 0.4) is 0 Å². The van der Waals surface area contributed by atoms with Crippen LogP contribution in [0.1, 0.15) is 281 Å². The first kappa shape index (κ1) is 77.0. The van der Waals surface area contributed by atoms with Crippen LogP contribution in [0.4, 0.5) is 0 Å². The van der Waals surface area contributed by atoms with Crippen molar-refractivity contribution in [2.75, 3.05) is 13.2 Å². The Balaban J connectivity index is 0.000000255. The molecule has 0 saturated heterocycles. The van der Waals surface area contributed by atoms with Gasteiger partial charge >= 0.3 is 0 Å². The van der Waals surface area contributed by atoms with Crippen molar-refractivity contribution in [1.29, 1.82) is 0 Å². The highest BCUT2D eigenvalue weighted by molar-refractivity contribution is 6.82. The summed E-state index contributed by atoms with van der Waals surface area (Å²) in [5.74, 6) is 14.4. The van der Waals surface area contributed by atoms with Crippen molar-refractivity contribution in [2.45, 2.75) is 417 Å². The summed E-state index contributed by atoms with van der Waals surface area (Å²) in [6, 6.07) is 8.22. The first-order chi connectivity index (χ1) is 40.9. The number of hydrogen-bond acceptors (Lipinski definition) is 2. The van der Waals surface area contributed by atoms with E-state index in [-0.39, 0.29) is 11.2 Å². The Morgan fingerprint density at radius 1 is 0.299 bits per heavy atom. The quantitative estimate of drug-likeness (QED) is 0.0708. The summed E-state index contributed by atoms with van der Waals surface area (Å²) in [7, 11) is -5.97. The summed E-state index contributed by atoms with van der Waals surface area (Å²) in [5, 5.41) is 0. The van der Waals surface area contributed by atoms with E-state index in [0.29, 0.717) is 0 Å². The van der Waals surface area contributed by atoms with E-state index in [1.54, 1.807) is 165 Å². The van der Waals surface area contributed by atoms with Crippen LogP contribution in [0.5, 0.6) is 0 Å². The van der Waals surface area contributed by atoms with Gasteiger partial charge in [-0.25, -0.2) is 0 Å². The van der Waals surface area contributed by atoms with Crippen molar-refractivity contribution in [2.24, 2.45) is 76.9 Å². The molecule has 7 heteroatoms. The Hall–Kier alpha value is 1.00. The molecule has 0 amide bonds. The Morgan fingerprint density at radius 3 is 0.828 bits per heavy atom. The monoisotopic (exact) mass is 1290 g/mol. The van der Waals surface area contributed by atoms with Gasteiger partial charge in [0.2, 0.25) is 0 Å². The fourth-order valence-corrected chi connectivity index (χ4v) is 43.9. The maximum Gasteiger partial charge on any atom is 0.0598 e. The zero-order valence-corrected chi connectivity index (χ0v) is 68.4. The van der Waals surface area contributed by atoms with Crippen molar-refractivity contribution in [3.8, 4) is 0 Å². The van der Waals surface area contributed by atoms with Crippen LogP contribution in [0.25, 0.3) is 0 Å². The van der Waals surface area contributed by atoms with Crippen LogP contribution in [0.15, 0.2) is 0 Å². The molecule has 0 aromatic carbocycles. The van der Waals surface area contributed by atoms with E-state index in [2.05, 4.69) is 141 Å². The zero-order chi connectivity index (χ0) is 64.0. The predicted octanol–water partition coefficient (Wildman–Crippen LogP) is 27.3. The number of rotatable bonds is 24. The van der Waals surface area contributed by atoms with Gasteiger partial charge in [0.25, 0.3) is 0 Å². The van der Waals surface area contributed by atoms with E-state index in [1.165, 1.54) is 82.6 Å². The molecule has 512 valence electrons. The first-order valence-electron chi connectivity index (χ1n) is 40.2. The molecule has 9 rings (SSSR count). The second kappa shape index (κ2) is 34.8. The van der Waals surface area contributed by atoms with Crippen molar-refractivity contribution < 1.29 is 9.47 Å². The summed E-state index contributed by atoms with van der Waals surface area (Å²) in [4.78, 5) is 0. The third kappa shape index (κ3) is 22.5. The number of fused-ring (bicyclic) bond motifs is 6. The van der Waals surface area contributed by atoms with Crippen LogP contribution >= 0.6 is 0 Å². The lowest BCUT2D eigenvalue weighted by atomic mass is 9.73. The van der Waals surface area contributed by atoms with Crippen molar-refractivity contribution in [3.63, 3.8) is 0 Å². The van der Waals surface area contributed by atoms with Gasteiger partial charge in [-0.05, 0) is 205 Å². The van der Waals surface area contributed by atoms with Crippen LogP contribution in [-0.2, 0) is 9.47 Å². The fraction of sp³-hybridized carbons (Fsp3) is 1.00. The lowest BCUT2D eigenvalue weighted by Gasteiger charge is -2.49. The molecule has 0 aromatic heterocycles. The molecule has 9 saturated carbocycles. The topological polar surface area (TPSA) is 18.5 Å². The van der Waals surface area contributed by atoms with Crippen LogP contribution < -0.4 is 0 Å². The van der Waals surface area contributed by atoms with Gasteiger partial charge in [-0.3, -0.25) is 0 Å². The maximum atomic E-state index is 6.08. The number of hydrogen-bond donors (Lipinski definition) is 0. The molecule has 2 nitrogen and oxygen atoms in total. The van der Waals surface area contributed by atoms with Crippen LogP contribution in [0.2, 0.25) is 124 Å². The standard InChI is InChI=1S/C37H74OSi3.C37H70OSi2.2C3H8/c1-37(2,3)38-23-17-11-12-18-24-41(10,35-25-29(27-39(4,5)6)31-19-13-15-21-33(31)35)36-26-30(28-40(7,8)9)32-20-14-16-22-34(32)36;1-37(2,3)38-24-16-8-9-17-25-40(7,35-26-28(27-39(4,5)6)29-18-10-13-21-32(29)35)36-33-22-14-11-19-30(33)31-20-12-15-23-34(31)36;2*1-3-2/h29-36H,11-28H2,1-10H3;28-36H,8-27H2,1-7H3;2*3H2,1-2H3/t;28?,29?,30?,31?,32?,33?,34?,35?,36?,40-;;/m.1../s1. The van der Waals surface area contributed by atoms with Crippen molar-refractivity contribution >= 4 is 40.4 Å². The summed E-state index contributed by atoms with van der Waals surface area (Å²) in [5.41, 5.74) is 4.69. The van der Waals surface area contributed by atoms with Gasteiger partial charge in [0.05, 0.1) is 27.3 Å². The third-order valence-electron chi connectivity index (χ3n) is 26.1. The lowest BCUT2D eigenvalue weighted by Crippen LogP contribution is -2.48. The van der Waals surface area contributed by atoms with Gasteiger partial charge in [-0.1, -0.05) is 278 Å². The highest BCUT2D eigenvalue weighted by atomic mass is 28.3. The number of ether oxygens (including phenoxy) is 2. The van der Waals surface area contributed by atoms with Crippen molar-refractivity contribution in [3.05, 3.63) is 0 Å². The predicted molar refractivity (Wildman–Crippen MR) is 404 cm³/mol. The molecule has 16 unspecified atom stereocenters. The first-order valence-corrected chi connectivity index (χ1v) is 57.0. The molecule has 0 aromatic rings.